The van der Waals surface area contributed by atoms with Crippen molar-refractivity contribution < 1.29 is 18.7 Å². The van der Waals surface area contributed by atoms with Gasteiger partial charge in [0, 0.05) is 20.2 Å². The van der Waals surface area contributed by atoms with E-state index in [4.69, 9.17) is 9.47 Å². The van der Waals surface area contributed by atoms with Crippen LogP contribution in [0.15, 0.2) is 24.3 Å². The van der Waals surface area contributed by atoms with E-state index in [-0.39, 0.29) is 24.1 Å². The number of amides is 2. The number of nitrogens with one attached hydrogen (secondary N) is 1. The fourth-order valence-electron chi connectivity index (χ4n) is 2.43. The number of morpholine rings is 1. The lowest BCUT2D eigenvalue weighted by atomic mass is 10.2. The van der Waals surface area contributed by atoms with Crippen LogP contribution in [0.25, 0.3) is 0 Å². The first-order valence-electron chi connectivity index (χ1n) is 7.00. The van der Waals surface area contributed by atoms with Crippen molar-refractivity contribution in [1.82, 2.24) is 10.2 Å². The number of hydrogen-bond donors (Lipinski definition) is 1. The summed E-state index contributed by atoms with van der Waals surface area (Å²) in [6, 6.07) is 6.03. The minimum Gasteiger partial charge on any atom is -0.382 e. The van der Waals surface area contributed by atoms with Gasteiger partial charge in [-0.05, 0) is 24.6 Å². The van der Waals surface area contributed by atoms with E-state index in [0.717, 1.165) is 5.56 Å². The molecule has 2 atom stereocenters. The minimum atomic E-state index is -0.304. The quantitative estimate of drug-likeness (QED) is 0.921. The molecule has 0 aliphatic carbocycles. The fourth-order valence-corrected chi connectivity index (χ4v) is 2.43. The normalized spacial score (nSPS) is 22.1. The summed E-state index contributed by atoms with van der Waals surface area (Å²) in [5, 5.41) is 2.80. The number of carbonyl (C=O) groups is 1. The molecule has 0 saturated carbocycles. The molecular weight excluding hydrogens is 275 g/mol. The summed E-state index contributed by atoms with van der Waals surface area (Å²) in [5.74, 6) is -0.304. The number of urea groups is 1. The number of carbonyl (C=O) groups excluding carboxylic acids is 1. The van der Waals surface area contributed by atoms with Crippen LogP contribution in [0.3, 0.4) is 0 Å². The average molecular weight is 296 g/mol. The zero-order valence-electron chi connectivity index (χ0n) is 12.3. The Balaban J connectivity index is 1.87. The van der Waals surface area contributed by atoms with E-state index < -0.39 is 0 Å². The Morgan fingerprint density at radius 1 is 1.52 bits per heavy atom. The third kappa shape index (κ3) is 4.68. The minimum absolute atomic E-state index is 0.0289. The molecule has 1 aromatic carbocycles. The van der Waals surface area contributed by atoms with E-state index >= 15 is 0 Å². The molecule has 1 aliphatic rings. The van der Waals surface area contributed by atoms with Gasteiger partial charge in [0.2, 0.25) is 0 Å². The summed E-state index contributed by atoms with van der Waals surface area (Å²) in [6.07, 6.45) is -0.141. The molecule has 1 saturated heterocycles. The Morgan fingerprint density at radius 3 is 3.05 bits per heavy atom. The number of benzene rings is 1. The van der Waals surface area contributed by atoms with Gasteiger partial charge in [0.05, 0.1) is 25.4 Å². The Kier molecular flexibility index (Phi) is 5.52. The van der Waals surface area contributed by atoms with Crippen molar-refractivity contribution in [3.63, 3.8) is 0 Å². The van der Waals surface area contributed by atoms with Gasteiger partial charge < -0.3 is 19.7 Å². The predicted octanol–water partition coefficient (Wildman–Crippen LogP) is 1.77. The fraction of sp³-hybridized carbons (Fsp3) is 0.533. The van der Waals surface area contributed by atoms with E-state index in [1.807, 2.05) is 6.92 Å². The maximum Gasteiger partial charge on any atom is 0.317 e. The van der Waals surface area contributed by atoms with Crippen molar-refractivity contribution in [2.45, 2.75) is 25.7 Å². The predicted molar refractivity (Wildman–Crippen MR) is 76.4 cm³/mol. The number of methoxy groups -OCH3 is 1. The second-order valence-electron chi connectivity index (χ2n) is 5.22. The lowest BCUT2D eigenvalue weighted by Crippen LogP contribution is -2.53. The van der Waals surface area contributed by atoms with Crippen LogP contribution in [0.2, 0.25) is 0 Å². The molecule has 1 aliphatic heterocycles. The maximum atomic E-state index is 13.1. The highest BCUT2D eigenvalue weighted by Gasteiger charge is 2.28. The maximum absolute atomic E-state index is 13.1. The highest BCUT2D eigenvalue weighted by atomic mass is 19.1. The molecule has 2 unspecified atom stereocenters. The largest absolute Gasteiger partial charge is 0.382 e. The summed E-state index contributed by atoms with van der Waals surface area (Å²) in [7, 11) is 1.61. The van der Waals surface area contributed by atoms with E-state index in [0.29, 0.717) is 26.2 Å². The van der Waals surface area contributed by atoms with Crippen LogP contribution in [0.1, 0.15) is 12.5 Å². The van der Waals surface area contributed by atoms with Gasteiger partial charge in [0.15, 0.2) is 0 Å². The van der Waals surface area contributed by atoms with Crippen LogP contribution in [0.4, 0.5) is 9.18 Å². The van der Waals surface area contributed by atoms with Gasteiger partial charge in [0.1, 0.15) is 5.82 Å². The smallest absolute Gasteiger partial charge is 0.317 e. The number of hydrogen-bond acceptors (Lipinski definition) is 3. The van der Waals surface area contributed by atoms with Crippen LogP contribution in [0, 0.1) is 5.82 Å². The van der Waals surface area contributed by atoms with Crippen molar-refractivity contribution >= 4 is 6.03 Å². The Labute approximate surface area is 124 Å². The van der Waals surface area contributed by atoms with Gasteiger partial charge in [-0.2, -0.15) is 0 Å². The van der Waals surface area contributed by atoms with Crippen LogP contribution in [-0.2, 0) is 16.0 Å². The number of rotatable bonds is 4. The molecule has 0 radical (unpaired) electrons. The summed E-state index contributed by atoms with van der Waals surface area (Å²) in [6.45, 7) is 3.71. The molecular formula is C15H21FN2O3. The molecule has 21 heavy (non-hydrogen) atoms. The van der Waals surface area contributed by atoms with Crippen molar-refractivity contribution in [2.24, 2.45) is 0 Å². The monoisotopic (exact) mass is 296 g/mol. The van der Waals surface area contributed by atoms with Gasteiger partial charge in [-0.15, -0.1) is 0 Å². The molecule has 6 heteroatoms. The molecule has 2 rings (SSSR count). The van der Waals surface area contributed by atoms with Crippen LogP contribution in [-0.4, -0.2) is 49.9 Å². The Morgan fingerprint density at radius 2 is 2.33 bits per heavy atom. The van der Waals surface area contributed by atoms with Gasteiger partial charge in [-0.1, -0.05) is 12.1 Å². The Hall–Kier alpha value is -1.66. The standard InChI is InChI=1S/C15H21FN2O3/c1-11-8-18(9-14(21-11)10-20-2)15(19)17-7-12-4-3-5-13(16)6-12/h3-6,11,14H,7-10H2,1-2H3,(H,17,19). The molecule has 0 aromatic heterocycles. The lowest BCUT2D eigenvalue weighted by Gasteiger charge is -2.36. The summed E-state index contributed by atoms with van der Waals surface area (Å²) in [5.41, 5.74) is 0.734. The molecule has 1 aromatic rings. The first-order valence-corrected chi connectivity index (χ1v) is 7.00. The molecule has 0 spiro atoms. The zero-order valence-corrected chi connectivity index (χ0v) is 12.3. The van der Waals surface area contributed by atoms with E-state index in [2.05, 4.69) is 5.32 Å². The van der Waals surface area contributed by atoms with Crippen molar-refractivity contribution in [2.75, 3.05) is 26.8 Å². The molecule has 116 valence electrons. The van der Waals surface area contributed by atoms with Crippen molar-refractivity contribution in [3.8, 4) is 0 Å². The van der Waals surface area contributed by atoms with Gasteiger partial charge >= 0.3 is 6.03 Å². The van der Waals surface area contributed by atoms with Crippen LogP contribution >= 0.6 is 0 Å². The number of nitrogens with zero attached hydrogens (tertiary/aromatic N) is 1. The third-order valence-corrected chi connectivity index (χ3v) is 3.30. The van der Waals surface area contributed by atoms with E-state index in [1.54, 1.807) is 24.1 Å². The van der Waals surface area contributed by atoms with Crippen molar-refractivity contribution in [3.05, 3.63) is 35.6 Å². The van der Waals surface area contributed by atoms with Gasteiger partial charge in [-0.3, -0.25) is 0 Å². The van der Waals surface area contributed by atoms with Crippen molar-refractivity contribution in [1.29, 1.82) is 0 Å². The topological polar surface area (TPSA) is 50.8 Å². The van der Waals surface area contributed by atoms with Crippen LogP contribution < -0.4 is 5.32 Å². The van der Waals surface area contributed by atoms with Crippen LogP contribution in [0.5, 0.6) is 0 Å². The third-order valence-electron chi connectivity index (χ3n) is 3.30. The SMILES string of the molecule is COCC1CN(C(=O)NCc2cccc(F)c2)CC(C)O1. The second kappa shape index (κ2) is 7.38. The number of ether oxygens (including phenoxy) is 2. The summed E-state index contributed by atoms with van der Waals surface area (Å²) in [4.78, 5) is 13.9. The van der Waals surface area contributed by atoms with Gasteiger partial charge in [-0.25, -0.2) is 9.18 Å². The lowest BCUT2D eigenvalue weighted by molar-refractivity contribution is -0.0897. The molecule has 1 N–H and O–H groups in total. The highest BCUT2D eigenvalue weighted by molar-refractivity contribution is 5.74. The highest BCUT2D eigenvalue weighted by Crippen LogP contribution is 2.12. The first kappa shape index (κ1) is 15.7. The van der Waals surface area contributed by atoms with Gasteiger partial charge in [0.25, 0.3) is 0 Å². The Bertz CT molecular complexity index is 484. The average Bonchev–Trinajstić information content (AvgIpc) is 2.44. The van der Waals surface area contributed by atoms with E-state index in [1.165, 1.54) is 12.1 Å². The zero-order chi connectivity index (χ0) is 15.2. The molecule has 1 fully saturated rings. The molecule has 2 amide bonds. The molecule has 0 bridgehead atoms. The molecule has 1 heterocycles. The summed E-state index contributed by atoms with van der Waals surface area (Å²) >= 11 is 0. The molecule has 5 nitrogen and oxygen atoms in total. The first-order chi connectivity index (χ1) is 10.1. The summed E-state index contributed by atoms with van der Waals surface area (Å²) < 4.78 is 23.8. The number of halogens is 1. The van der Waals surface area contributed by atoms with E-state index in [9.17, 15) is 9.18 Å². The second-order valence-corrected chi connectivity index (χ2v) is 5.22.